The Kier molecular flexibility index (Phi) is 11.9. The van der Waals surface area contributed by atoms with Crippen LogP contribution in [0.25, 0.3) is 0 Å². The maximum absolute atomic E-state index is 13.6. The second kappa shape index (κ2) is 13.3. The topological polar surface area (TPSA) is 52.1 Å². The Balaban J connectivity index is 0.00000392. The number of guanidine groups is 1. The van der Waals surface area contributed by atoms with E-state index in [-0.39, 0.29) is 35.8 Å². The molecular formula is C20H35FIN5O. The minimum Gasteiger partial charge on any atom is -0.379 e. The van der Waals surface area contributed by atoms with E-state index >= 15 is 0 Å². The summed E-state index contributed by atoms with van der Waals surface area (Å²) in [6.07, 6.45) is 0. The van der Waals surface area contributed by atoms with Crippen molar-refractivity contribution in [2.75, 3.05) is 60.0 Å². The Morgan fingerprint density at radius 3 is 2.61 bits per heavy atom. The predicted octanol–water partition coefficient (Wildman–Crippen LogP) is 2.32. The first-order valence-electron chi connectivity index (χ1n) is 9.77. The van der Waals surface area contributed by atoms with E-state index in [0.29, 0.717) is 12.6 Å². The van der Waals surface area contributed by atoms with Gasteiger partial charge in [-0.15, -0.1) is 24.0 Å². The van der Waals surface area contributed by atoms with E-state index in [1.54, 1.807) is 12.1 Å². The molecule has 8 heteroatoms. The van der Waals surface area contributed by atoms with Crippen molar-refractivity contribution in [2.24, 2.45) is 4.99 Å². The van der Waals surface area contributed by atoms with Crippen molar-refractivity contribution in [1.29, 1.82) is 0 Å². The molecule has 1 aromatic carbocycles. The van der Waals surface area contributed by atoms with Crippen LogP contribution in [0.2, 0.25) is 0 Å². The molecule has 6 nitrogen and oxygen atoms in total. The molecule has 1 aromatic rings. The average Bonchev–Trinajstić information content (AvgIpc) is 2.66. The van der Waals surface area contributed by atoms with Gasteiger partial charge in [-0.05, 0) is 45.6 Å². The van der Waals surface area contributed by atoms with E-state index in [4.69, 9.17) is 9.73 Å². The molecule has 2 N–H and O–H groups in total. The van der Waals surface area contributed by atoms with Crippen LogP contribution in [-0.4, -0.2) is 81.8 Å². The van der Waals surface area contributed by atoms with Crippen molar-refractivity contribution in [3.05, 3.63) is 35.6 Å². The summed E-state index contributed by atoms with van der Waals surface area (Å²) >= 11 is 0. The SMILES string of the molecule is CCNC(=NCC(C)N1CCOCC1)NCC(c1cccc(F)c1)N(C)C.I. The summed E-state index contributed by atoms with van der Waals surface area (Å²) < 4.78 is 19.0. The number of likely N-dealkylation sites (N-methyl/N-ethyl adjacent to an activating group) is 1. The van der Waals surface area contributed by atoms with E-state index in [1.165, 1.54) is 6.07 Å². The zero-order valence-electron chi connectivity index (χ0n) is 17.4. The van der Waals surface area contributed by atoms with E-state index in [1.807, 2.05) is 20.2 Å². The van der Waals surface area contributed by atoms with Gasteiger partial charge in [0.05, 0.1) is 25.8 Å². The van der Waals surface area contributed by atoms with Gasteiger partial charge in [0.15, 0.2) is 5.96 Å². The van der Waals surface area contributed by atoms with Crippen LogP contribution in [0.5, 0.6) is 0 Å². The van der Waals surface area contributed by atoms with Gasteiger partial charge in [0, 0.05) is 32.2 Å². The zero-order valence-corrected chi connectivity index (χ0v) is 19.8. The third-order valence-electron chi connectivity index (χ3n) is 4.85. The Morgan fingerprint density at radius 2 is 2.00 bits per heavy atom. The normalized spacial score (nSPS) is 17.7. The molecule has 0 radical (unpaired) electrons. The lowest BCUT2D eigenvalue weighted by atomic mass is 10.1. The Labute approximate surface area is 185 Å². The molecule has 2 atom stereocenters. The molecule has 1 heterocycles. The number of nitrogens with one attached hydrogen (secondary N) is 2. The van der Waals surface area contributed by atoms with Crippen LogP contribution in [0, 0.1) is 5.82 Å². The van der Waals surface area contributed by atoms with Gasteiger partial charge in [0.1, 0.15) is 5.82 Å². The van der Waals surface area contributed by atoms with Crippen molar-refractivity contribution in [3.8, 4) is 0 Å². The molecule has 2 rings (SSSR count). The maximum atomic E-state index is 13.6. The molecule has 0 amide bonds. The number of aliphatic imine (C=N–C) groups is 1. The highest BCUT2D eigenvalue weighted by Gasteiger charge is 2.18. The number of nitrogens with zero attached hydrogens (tertiary/aromatic N) is 3. The minimum absolute atomic E-state index is 0. The predicted molar refractivity (Wildman–Crippen MR) is 124 cm³/mol. The van der Waals surface area contributed by atoms with E-state index in [0.717, 1.165) is 50.9 Å². The third kappa shape index (κ3) is 8.18. The summed E-state index contributed by atoms with van der Waals surface area (Å²) in [4.78, 5) is 9.24. The van der Waals surface area contributed by atoms with Crippen LogP contribution in [0.4, 0.5) is 4.39 Å². The standard InChI is InChI=1S/C20H34FN5O.HI/c1-5-22-20(23-14-16(2)26-9-11-27-12-10-26)24-15-19(25(3)4)17-7-6-8-18(21)13-17;/h6-8,13,16,19H,5,9-12,14-15H2,1-4H3,(H2,22,23,24);1H. The Morgan fingerprint density at radius 1 is 1.29 bits per heavy atom. The lowest BCUT2D eigenvalue weighted by Crippen LogP contribution is -2.45. The molecule has 28 heavy (non-hydrogen) atoms. The lowest BCUT2D eigenvalue weighted by Gasteiger charge is -2.31. The van der Waals surface area contributed by atoms with Crippen molar-refractivity contribution in [2.45, 2.75) is 25.9 Å². The first-order chi connectivity index (χ1) is 13.0. The number of hydrogen-bond acceptors (Lipinski definition) is 4. The molecule has 1 saturated heterocycles. The Hall–Kier alpha value is -0.970. The van der Waals surface area contributed by atoms with Crippen LogP contribution in [0.3, 0.4) is 0 Å². The van der Waals surface area contributed by atoms with E-state index in [9.17, 15) is 4.39 Å². The first-order valence-corrected chi connectivity index (χ1v) is 9.77. The fourth-order valence-corrected chi connectivity index (χ4v) is 3.20. The van der Waals surface area contributed by atoms with Crippen LogP contribution in [0.15, 0.2) is 29.3 Å². The quantitative estimate of drug-likeness (QED) is 0.322. The molecule has 160 valence electrons. The van der Waals surface area contributed by atoms with Crippen LogP contribution >= 0.6 is 24.0 Å². The fraction of sp³-hybridized carbons (Fsp3) is 0.650. The monoisotopic (exact) mass is 507 g/mol. The van der Waals surface area contributed by atoms with Crippen molar-refractivity contribution < 1.29 is 9.13 Å². The van der Waals surface area contributed by atoms with E-state index < -0.39 is 0 Å². The molecule has 0 spiro atoms. The number of halogens is 2. The van der Waals surface area contributed by atoms with Gasteiger partial charge < -0.3 is 20.3 Å². The second-order valence-corrected chi connectivity index (χ2v) is 7.13. The van der Waals surface area contributed by atoms with Crippen LogP contribution in [0.1, 0.15) is 25.5 Å². The number of benzene rings is 1. The summed E-state index contributed by atoms with van der Waals surface area (Å²) in [5, 5.41) is 6.71. The largest absolute Gasteiger partial charge is 0.379 e. The molecule has 0 saturated carbocycles. The van der Waals surface area contributed by atoms with E-state index in [2.05, 4.69) is 34.3 Å². The molecule has 1 fully saturated rings. The van der Waals surface area contributed by atoms with Gasteiger partial charge in [-0.2, -0.15) is 0 Å². The molecule has 0 aliphatic carbocycles. The number of ether oxygens (including phenoxy) is 1. The van der Waals surface area contributed by atoms with Gasteiger partial charge >= 0.3 is 0 Å². The molecule has 1 aliphatic rings. The van der Waals surface area contributed by atoms with Gasteiger partial charge in [-0.3, -0.25) is 9.89 Å². The summed E-state index contributed by atoms with van der Waals surface area (Å²) in [6, 6.07) is 7.21. The average molecular weight is 507 g/mol. The van der Waals surface area contributed by atoms with Gasteiger partial charge in [-0.25, -0.2) is 4.39 Å². The minimum atomic E-state index is -0.209. The summed E-state index contributed by atoms with van der Waals surface area (Å²) in [6.45, 7) is 9.94. The smallest absolute Gasteiger partial charge is 0.191 e. The fourth-order valence-electron chi connectivity index (χ4n) is 3.20. The maximum Gasteiger partial charge on any atom is 0.191 e. The van der Waals surface area contributed by atoms with Gasteiger partial charge in [0.2, 0.25) is 0 Å². The summed E-state index contributed by atoms with van der Waals surface area (Å²) in [7, 11) is 4.00. The van der Waals surface area contributed by atoms with Crippen molar-refractivity contribution >= 4 is 29.9 Å². The van der Waals surface area contributed by atoms with Crippen molar-refractivity contribution in [3.63, 3.8) is 0 Å². The second-order valence-electron chi connectivity index (χ2n) is 7.13. The summed E-state index contributed by atoms with van der Waals surface area (Å²) in [5.41, 5.74) is 0.949. The highest BCUT2D eigenvalue weighted by atomic mass is 127. The highest BCUT2D eigenvalue weighted by molar-refractivity contribution is 14.0. The molecule has 1 aliphatic heterocycles. The lowest BCUT2D eigenvalue weighted by molar-refractivity contribution is 0.0220. The number of morpholine rings is 1. The number of hydrogen-bond donors (Lipinski definition) is 2. The number of rotatable bonds is 8. The highest BCUT2D eigenvalue weighted by Crippen LogP contribution is 2.18. The molecule has 2 unspecified atom stereocenters. The van der Waals surface area contributed by atoms with Crippen LogP contribution in [-0.2, 0) is 4.74 Å². The molecular weight excluding hydrogens is 472 g/mol. The third-order valence-corrected chi connectivity index (χ3v) is 4.85. The molecule has 0 bridgehead atoms. The summed E-state index contributed by atoms with van der Waals surface area (Å²) in [5.74, 6) is 0.583. The Bertz CT molecular complexity index is 596. The van der Waals surface area contributed by atoms with Gasteiger partial charge in [0.25, 0.3) is 0 Å². The zero-order chi connectivity index (χ0) is 19.6. The van der Waals surface area contributed by atoms with Gasteiger partial charge in [-0.1, -0.05) is 12.1 Å². The van der Waals surface area contributed by atoms with Crippen molar-refractivity contribution in [1.82, 2.24) is 20.4 Å². The first kappa shape index (κ1) is 25.1. The molecule has 0 aromatic heterocycles. The van der Waals surface area contributed by atoms with Crippen LogP contribution < -0.4 is 10.6 Å².